The Labute approximate surface area is 251 Å². The minimum absolute atomic E-state index is 0.0719. The predicted molar refractivity (Wildman–Crippen MR) is 134 cm³/mol. The van der Waals surface area contributed by atoms with Crippen molar-refractivity contribution in [1.82, 2.24) is 0 Å². The maximum absolute atomic E-state index is 12.3. The van der Waals surface area contributed by atoms with E-state index in [1.54, 1.807) is 0 Å². The van der Waals surface area contributed by atoms with Crippen LogP contribution < -0.4 is 0 Å². The largest absolute Gasteiger partial charge is 0.481 e. The molecule has 0 rings (SSSR count). The molecule has 0 amide bonds. The lowest BCUT2D eigenvalue weighted by Crippen LogP contribution is -2.44. The number of hydrogen-bond acceptors (Lipinski definition) is 15. The number of hydrogen-bond donors (Lipinski definition) is 9. The Morgan fingerprint density at radius 1 is 0.489 bits per heavy atom. The van der Waals surface area contributed by atoms with Crippen LogP contribution in [-0.4, -0.2) is 136 Å². The van der Waals surface area contributed by atoms with E-state index in [1.807, 2.05) is 0 Å². The number of rotatable bonds is 23. The summed E-state index contributed by atoms with van der Waals surface area (Å²) in [5, 5.41) is 83.4. The van der Waals surface area contributed by atoms with Crippen molar-refractivity contribution in [2.24, 2.45) is 0 Å². The monoisotopic (exact) mass is 656 g/mol. The maximum atomic E-state index is 12.3. The maximum Gasteiger partial charge on any atom is 0.336 e. The molecule has 0 fully saturated rings. The lowest BCUT2D eigenvalue weighted by Gasteiger charge is -2.24. The van der Waals surface area contributed by atoms with E-state index in [0.29, 0.717) is 0 Å². The molecule has 254 valence electrons. The number of esters is 3. The Morgan fingerprint density at radius 3 is 1.20 bits per heavy atom. The molecule has 0 bridgehead atoms. The third-order valence-corrected chi connectivity index (χ3v) is 5.75. The van der Waals surface area contributed by atoms with E-state index in [9.17, 15) is 58.5 Å². The summed E-state index contributed by atoms with van der Waals surface area (Å²) in [4.78, 5) is 103. The number of carbonyl (C=O) groups is 9. The second-order valence-electron chi connectivity index (χ2n) is 9.76. The minimum atomic E-state index is -3.11. The highest BCUT2D eigenvalue weighted by molar-refractivity contribution is 5.90. The van der Waals surface area contributed by atoms with Crippen LogP contribution in [0.5, 0.6) is 0 Å². The summed E-state index contributed by atoms with van der Waals surface area (Å²) in [7, 11) is 0. The average Bonchev–Trinajstić information content (AvgIpc) is 2.84. The van der Waals surface area contributed by atoms with Gasteiger partial charge < -0.3 is 60.2 Å². The molecule has 45 heavy (non-hydrogen) atoms. The third-order valence-electron chi connectivity index (χ3n) is 5.75. The second-order valence-corrected chi connectivity index (χ2v) is 9.76. The van der Waals surface area contributed by atoms with Gasteiger partial charge >= 0.3 is 53.7 Å². The zero-order valence-corrected chi connectivity index (χ0v) is 23.3. The molecule has 0 aliphatic rings. The average molecular weight is 656 g/mol. The predicted octanol–water partition coefficient (Wildman–Crippen LogP) is -2.80. The summed E-state index contributed by atoms with van der Waals surface area (Å²) in [6, 6.07) is 0. The zero-order valence-electron chi connectivity index (χ0n) is 23.3. The Bertz CT molecular complexity index is 1160. The third kappa shape index (κ3) is 14.9. The smallest absolute Gasteiger partial charge is 0.336 e. The summed E-state index contributed by atoms with van der Waals surface area (Å²) in [5.41, 5.74) is -9.14. The summed E-state index contributed by atoms with van der Waals surface area (Å²) in [6.45, 7) is -1.36. The van der Waals surface area contributed by atoms with Crippen molar-refractivity contribution in [2.75, 3.05) is 13.2 Å². The van der Waals surface area contributed by atoms with Crippen LogP contribution in [0.3, 0.4) is 0 Å². The fraction of sp³-hybridized carbons (Fsp3) is 0.625. The van der Waals surface area contributed by atoms with Gasteiger partial charge in [0.25, 0.3) is 0 Å². The van der Waals surface area contributed by atoms with E-state index >= 15 is 0 Å². The van der Waals surface area contributed by atoms with Gasteiger partial charge in [-0.15, -0.1) is 0 Å². The van der Waals surface area contributed by atoms with Crippen molar-refractivity contribution in [3.8, 4) is 0 Å². The van der Waals surface area contributed by atoms with Crippen LogP contribution >= 0.6 is 0 Å². The van der Waals surface area contributed by atoms with Gasteiger partial charge in [0.2, 0.25) is 0 Å². The van der Waals surface area contributed by atoms with Crippen molar-refractivity contribution in [2.45, 2.75) is 80.7 Å². The second kappa shape index (κ2) is 17.4. The molecule has 0 spiro atoms. The Morgan fingerprint density at radius 2 is 0.844 bits per heavy atom. The Hall–Kier alpha value is -4.89. The van der Waals surface area contributed by atoms with Gasteiger partial charge in [-0.25, -0.2) is 14.4 Å². The Kier molecular flexibility index (Phi) is 15.5. The quantitative estimate of drug-likeness (QED) is 0.0304. The fourth-order valence-corrected chi connectivity index (χ4v) is 3.46. The van der Waals surface area contributed by atoms with Crippen LogP contribution in [0.15, 0.2) is 0 Å². The van der Waals surface area contributed by atoms with Crippen molar-refractivity contribution < 1.29 is 103 Å². The highest BCUT2D eigenvalue weighted by Crippen LogP contribution is 2.21. The Balaban J connectivity index is 5.43. The van der Waals surface area contributed by atoms with Gasteiger partial charge in [-0.2, -0.15) is 0 Å². The standard InChI is InChI=1S/C24H32O21/c25-13(26)5-22(40,19(34)35)8-16(31)43-4-2-1-3-12(45-18(33)10-24(42,21(38)39)7-15(29)30)11-44-17(32)9-23(41,20(36)37)6-14(27)28/h12,40-42H,1-11H2,(H,25,26)(H,27,28)(H,29,30)(H,34,35)(H,36,37)(H,38,39). The first-order valence-electron chi connectivity index (χ1n) is 12.6. The van der Waals surface area contributed by atoms with E-state index in [0.717, 1.165) is 0 Å². The fourth-order valence-electron chi connectivity index (χ4n) is 3.46. The molecular formula is C24H32O21. The molecule has 0 aromatic carbocycles. The molecular weight excluding hydrogens is 624 g/mol. The molecule has 9 N–H and O–H groups in total. The van der Waals surface area contributed by atoms with Crippen molar-refractivity contribution in [3.05, 3.63) is 0 Å². The van der Waals surface area contributed by atoms with E-state index in [-0.39, 0.29) is 19.3 Å². The number of aliphatic hydroxyl groups is 3. The number of carboxylic acid groups (broad SMARTS) is 6. The van der Waals surface area contributed by atoms with Gasteiger partial charge in [-0.05, 0) is 19.3 Å². The minimum Gasteiger partial charge on any atom is -0.481 e. The van der Waals surface area contributed by atoms with Gasteiger partial charge in [0.15, 0.2) is 16.8 Å². The van der Waals surface area contributed by atoms with Crippen LogP contribution in [0, 0.1) is 0 Å². The van der Waals surface area contributed by atoms with Crippen LogP contribution in [0.1, 0.15) is 57.8 Å². The molecule has 4 unspecified atom stereocenters. The molecule has 0 aromatic heterocycles. The van der Waals surface area contributed by atoms with Crippen molar-refractivity contribution in [3.63, 3.8) is 0 Å². The van der Waals surface area contributed by atoms with Crippen LogP contribution in [-0.2, 0) is 57.4 Å². The van der Waals surface area contributed by atoms with Gasteiger partial charge in [0.1, 0.15) is 12.7 Å². The topological polar surface area (TPSA) is 363 Å². The summed E-state index contributed by atoms with van der Waals surface area (Å²) < 4.78 is 14.5. The van der Waals surface area contributed by atoms with Crippen molar-refractivity contribution >= 4 is 53.7 Å². The first-order chi connectivity index (χ1) is 20.5. The molecule has 0 aromatic rings. The lowest BCUT2D eigenvalue weighted by atomic mass is 9.96. The van der Waals surface area contributed by atoms with Crippen LogP contribution in [0.2, 0.25) is 0 Å². The van der Waals surface area contributed by atoms with Gasteiger partial charge in [-0.3, -0.25) is 28.8 Å². The van der Waals surface area contributed by atoms with E-state index < -0.39 is 128 Å². The first kappa shape index (κ1) is 40.1. The van der Waals surface area contributed by atoms with Crippen molar-refractivity contribution in [1.29, 1.82) is 0 Å². The van der Waals surface area contributed by atoms with Gasteiger partial charge in [0, 0.05) is 0 Å². The lowest BCUT2D eigenvalue weighted by molar-refractivity contribution is -0.177. The highest BCUT2D eigenvalue weighted by atomic mass is 16.6. The molecule has 0 aliphatic carbocycles. The zero-order chi connectivity index (χ0) is 35.2. The molecule has 0 aliphatic heterocycles. The number of carboxylic acids is 6. The normalized spacial score (nSPS) is 15.5. The van der Waals surface area contributed by atoms with Gasteiger partial charge in [-0.1, -0.05) is 0 Å². The molecule has 0 saturated carbocycles. The molecule has 0 saturated heterocycles. The molecule has 21 heteroatoms. The summed E-state index contributed by atoms with van der Waals surface area (Å²) >= 11 is 0. The number of unbranched alkanes of at least 4 members (excludes halogenated alkanes) is 1. The first-order valence-corrected chi connectivity index (χ1v) is 12.6. The SMILES string of the molecule is O=C(O)CC(O)(CC(=O)OCCCCC(COC(=O)CC(O)(CC(=O)O)C(=O)O)OC(=O)CC(O)(CC(=O)O)C(=O)O)C(=O)O. The summed E-state index contributed by atoms with van der Waals surface area (Å²) in [6.07, 6.45) is -10.1. The highest BCUT2D eigenvalue weighted by Gasteiger charge is 2.44. The molecule has 4 atom stereocenters. The molecule has 0 heterocycles. The number of carbonyl (C=O) groups excluding carboxylic acids is 3. The number of ether oxygens (including phenoxy) is 3. The van der Waals surface area contributed by atoms with Crippen LogP contribution in [0.25, 0.3) is 0 Å². The molecule has 21 nitrogen and oxygen atoms in total. The van der Waals surface area contributed by atoms with Gasteiger partial charge in [0.05, 0.1) is 45.1 Å². The summed E-state index contributed by atoms with van der Waals surface area (Å²) in [5.74, 6) is -15.7. The molecule has 0 radical (unpaired) electrons. The van der Waals surface area contributed by atoms with E-state index in [4.69, 9.17) is 44.8 Å². The van der Waals surface area contributed by atoms with E-state index in [2.05, 4.69) is 0 Å². The van der Waals surface area contributed by atoms with Crippen LogP contribution in [0.4, 0.5) is 0 Å². The number of aliphatic carboxylic acids is 6. The van der Waals surface area contributed by atoms with E-state index in [1.165, 1.54) is 0 Å².